The minimum Gasteiger partial charge on any atom is -0.448 e. The Morgan fingerprint density at radius 1 is 1.32 bits per heavy atom. The molecule has 0 spiro atoms. The summed E-state index contributed by atoms with van der Waals surface area (Å²) in [6.45, 7) is 1.73. The fraction of sp³-hybridized carbons (Fsp3) is 0.143. The molecule has 0 radical (unpaired) electrons. The fourth-order valence-corrected chi connectivity index (χ4v) is 2.26. The lowest BCUT2D eigenvalue weighted by Gasteiger charge is -1.99. The minimum absolute atomic E-state index is 0.110. The topological polar surface area (TPSA) is 47.3 Å². The molecule has 5 heteroatoms. The van der Waals surface area contributed by atoms with E-state index in [4.69, 9.17) is 16.0 Å². The molecule has 2 aromatic rings. The van der Waals surface area contributed by atoms with E-state index in [-0.39, 0.29) is 23.1 Å². The highest BCUT2D eigenvalue weighted by atomic mass is 79.9. The Morgan fingerprint density at radius 2 is 2.05 bits per heavy atom. The third-order valence-corrected chi connectivity index (χ3v) is 3.40. The van der Waals surface area contributed by atoms with Gasteiger partial charge in [0.05, 0.1) is 4.47 Å². The van der Waals surface area contributed by atoms with Gasteiger partial charge in [-0.05, 0) is 28.1 Å². The Balaban J connectivity index is 2.39. The zero-order chi connectivity index (χ0) is 14.0. The van der Waals surface area contributed by atoms with Gasteiger partial charge in [-0.25, -0.2) is 0 Å². The van der Waals surface area contributed by atoms with Gasteiger partial charge in [0.1, 0.15) is 0 Å². The first-order chi connectivity index (χ1) is 9.02. The molecule has 0 saturated heterocycles. The predicted octanol–water partition coefficient (Wildman–Crippen LogP) is 4.52. The van der Waals surface area contributed by atoms with Crippen molar-refractivity contribution in [2.24, 2.45) is 0 Å². The van der Waals surface area contributed by atoms with Gasteiger partial charge in [0.25, 0.3) is 0 Å². The quantitative estimate of drug-likeness (QED) is 0.768. The molecule has 2 rings (SSSR count). The van der Waals surface area contributed by atoms with Crippen molar-refractivity contribution >= 4 is 39.1 Å². The SMILES string of the molecule is CCC(=O)c1cc(Br)c(C(=O)c2cccc(Cl)c2)o1. The van der Waals surface area contributed by atoms with Crippen molar-refractivity contribution in [1.82, 2.24) is 0 Å². The first-order valence-corrected chi connectivity index (χ1v) is 6.82. The highest BCUT2D eigenvalue weighted by Crippen LogP contribution is 2.26. The van der Waals surface area contributed by atoms with Crippen LogP contribution in [0.2, 0.25) is 5.02 Å². The number of carbonyl (C=O) groups is 2. The maximum Gasteiger partial charge on any atom is 0.229 e. The highest BCUT2D eigenvalue weighted by Gasteiger charge is 2.21. The number of halogens is 2. The standard InChI is InChI=1S/C14H10BrClO3/c1-2-11(17)12-7-10(15)14(19-12)13(18)8-4-3-5-9(16)6-8/h3-7H,2H2,1H3. The molecular formula is C14H10BrClO3. The number of hydrogen-bond donors (Lipinski definition) is 0. The van der Waals surface area contributed by atoms with Crippen molar-refractivity contribution in [3.63, 3.8) is 0 Å². The van der Waals surface area contributed by atoms with Crippen LogP contribution in [0.1, 0.15) is 40.0 Å². The van der Waals surface area contributed by atoms with Gasteiger partial charge in [-0.3, -0.25) is 9.59 Å². The van der Waals surface area contributed by atoms with Gasteiger partial charge < -0.3 is 4.42 Å². The maximum atomic E-state index is 12.2. The lowest BCUT2D eigenvalue weighted by molar-refractivity contribution is 0.0952. The largest absolute Gasteiger partial charge is 0.448 e. The normalized spacial score (nSPS) is 10.5. The molecule has 0 aliphatic carbocycles. The molecule has 1 aromatic heterocycles. The van der Waals surface area contributed by atoms with Gasteiger partial charge in [-0.1, -0.05) is 30.7 Å². The van der Waals surface area contributed by atoms with Gasteiger partial charge in [0, 0.05) is 23.1 Å². The third kappa shape index (κ3) is 2.96. The van der Waals surface area contributed by atoms with Gasteiger partial charge in [-0.2, -0.15) is 0 Å². The van der Waals surface area contributed by atoms with Crippen LogP contribution in [0.4, 0.5) is 0 Å². The monoisotopic (exact) mass is 340 g/mol. The summed E-state index contributed by atoms with van der Waals surface area (Å²) in [5, 5.41) is 0.471. The molecule has 3 nitrogen and oxygen atoms in total. The summed E-state index contributed by atoms with van der Waals surface area (Å²) >= 11 is 9.08. The Labute approximate surface area is 123 Å². The molecule has 0 unspecified atom stereocenters. The summed E-state index contributed by atoms with van der Waals surface area (Å²) in [6, 6.07) is 8.08. The van der Waals surface area contributed by atoms with E-state index in [0.29, 0.717) is 21.5 Å². The summed E-state index contributed by atoms with van der Waals surface area (Å²) in [5.74, 6) is -0.172. The summed E-state index contributed by atoms with van der Waals surface area (Å²) in [4.78, 5) is 23.8. The van der Waals surface area contributed by atoms with E-state index in [1.165, 1.54) is 6.07 Å². The molecule has 19 heavy (non-hydrogen) atoms. The number of ketones is 2. The molecule has 0 amide bonds. The van der Waals surface area contributed by atoms with Gasteiger partial charge in [0.2, 0.25) is 5.78 Å². The summed E-state index contributed by atoms with van der Waals surface area (Å²) in [5.41, 5.74) is 0.415. The molecule has 0 aliphatic rings. The van der Waals surface area contributed by atoms with Crippen LogP contribution in [-0.2, 0) is 0 Å². The van der Waals surface area contributed by atoms with Crippen molar-refractivity contribution in [2.45, 2.75) is 13.3 Å². The number of benzene rings is 1. The average Bonchev–Trinajstić information content (AvgIpc) is 2.79. The van der Waals surface area contributed by atoms with Crippen molar-refractivity contribution < 1.29 is 14.0 Å². The molecular weight excluding hydrogens is 332 g/mol. The molecule has 1 heterocycles. The molecule has 0 atom stereocenters. The number of rotatable bonds is 4. The van der Waals surface area contributed by atoms with E-state index in [2.05, 4.69) is 15.9 Å². The van der Waals surface area contributed by atoms with Crippen molar-refractivity contribution in [1.29, 1.82) is 0 Å². The maximum absolute atomic E-state index is 12.2. The van der Waals surface area contributed by atoms with Crippen LogP contribution >= 0.6 is 27.5 Å². The molecule has 0 saturated carbocycles. The summed E-state index contributed by atoms with van der Waals surface area (Å²) < 4.78 is 5.80. The lowest BCUT2D eigenvalue weighted by atomic mass is 10.1. The Kier molecular flexibility index (Phi) is 4.22. The first-order valence-electron chi connectivity index (χ1n) is 5.65. The second kappa shape index (κ2) is 5.72. The van der Waals surface area contributed by atoms with Crippen LogP contribution in [0.15, 0.2) is 39.2 Å². The molecule has 0 aliphatic heterocycles. The lowest BCUT2D eigenvalue weighted by Crippen LogP contribution is -2.00. The molecule has 98 valence electrons. The van der Waals surface area contributed by atoms with Crippen LogP contribution in [0, 0.1) is 0 Å². The summed E-state index contributed by atoms with van der Waals surface area (Å²) in [7, 11) is 0. The van der Waals surface area contributed by atoms with Gasteiger partial charge in [0.15, 0.2) is 17.3 Å². The number of furan rings is 1. The second-order valence-corrected chi connectivity index (χ2v) is 5.19. The average molecular weight is 342 g/mol. The zero-order valence-corrected chi connectivity index (χ0v) is 12.4. The van der Waals surface area contributed by atoms with E-state index >= 15 is 0 Å². The van der Waals surface area contributed by atoms with Crippen LogP contribution in [-0.4, -0.2) is 11.6 Å². The molecule has 1 aromatic carbocycles. The first kappa shape index (κ1) is 14.0. The molecule has 0 bridgehead atoms. The minimum atomic E-state index is -0.315. The fourth-order valence-electron chi connectivity index (χ4n) is 1.60. The van der Waals surface area contributed by atoms with Crippen LogP contribution in [0.3, 0.4) is 0 Å². The van der Waals surface area contributed by atoms with E-state index in [0.717, 1.165) is 0 Å². The number of Topliss-reactive ketones (excluding diaryl/α,β-unsaturated/α-hetero) is 1. The van der Waals surface area contributed by atoms with Crippen molar-refractivity contribution in [2.75, 3.05) is 0 Å². The van der Waals surface area contributed by atoms with E-state index in [1.807, 2.05) is 0 Å². The zero-order valence-electron chi connectivity index (χ0n) is 10.1. The second-order valence-electron chi connectivity index (χ2n) is 3.90. The Hall–Kier alpha value is -1.39. The van der Waals surface area contributed by atoms with Crippen molar-refractivity contribution in [3.8, 4) is 0 Å². The smallest absolute Gasteiger partial charge is 0.229 e. The van der Waals surface area contributed by atoms with Crippen LogP contribution in [0.5, 0.6) is 0 Å². The van der Waals surface area contributed by atoms with E-state index in [1.54, 1.807) is 31.2 Å². The van der Waals surface area contributed by atoms with Crippen molar-refractivity contribution in [3.05, 3.63) is 56.9 Å². The van der Waals surface area contributed by atoms with Crippen LogP contribution < -0.4 is 0 Å². The Morgan fingerprint density at radius 3 is 2.68 bits per heavy atom. The molecule has 0 fully saturated rings. The molecule has 0 N–H and O–H groups in total. The van der Waals surface area contributed by atoms with Crippen LogP contribution in [0.25, 0.3) is 0 Å². The predicted molar refractivity (Wildman–Crippen MR) is 75.9 cm³/mol. The number of carbonyl (C=O) groups excluding carboxylic acids is 2. The third-order valence-electron chi connectivity index (χ3n) is 2.58. The van der Waals surface area contributed by atoms with Gasteiger partial charge in [-0.15, -0.1) is 0 Å². The Bertz CT molecular complexity index is 646. The van der Waals surface area contributed by atoms with E-state index < -0.39 is 0 Å². The number of hydrogen-bond acceptors (Lipinski definition) is 3. The highest BCUT2D eigenvalue weighted by molar-refractivity contribution is 9.10. The van der Waals surface area contributed by atoms with Gasteiger partial charge >= 0.3 is 0 Å². The van der Waals surface area contributed by atoms with E-state index in [9.17, 15) is 9.59 Å². The summed E-state index contributed by atoms with van der Waals surface area (Å²) in [6.07, 6.45) is 0.324.